The molecule has 0 spiro atoms. The third-order valence-corrected chi connectivity index (χ3v) is 3.54. The fourth-order valence-electron chi connectivity index (χ4n) is 2.08. The van der Waals surface area contributed by atoms with Crippen LogP contribution >= 0.6 is 11.6 Å². The van der Waals surface area contributed by atoms with Crippen LogP contribution < -0.4 is 0 Å². The molecule has 0 radical (unpaired) electrons. The highest BCUT2D eigenvalue weighted by Crippen LogP contribution is 2.24. The molecule has 23 heavy (non-hydrogen) atoms. The van der Waals surface area contributed by atoms with Crippen molar-refractivity contribution in [2.75, 3.05) is 0 Å². The molecule has 0 aliphatic rings. The van der Waals surface area contributed by atoms with Crippen molar-refractivity contribution in [2.24, 2.45) is 0 Å². The third kappa shape index (κ3) is 3.76. The Bertz CT molecular complexity index is 846. The standard InChI is InChI=1S/C19H12ClFO2/c20-15-5-1-14(2-6-15)19-12-10-17(23-19)9-11-18(22)13-3-7-16(21)8-4-13/h1-12H. The molecule has 1 heterocycles. The van der Waals surface area contributed by atoms with Crippen LogP contribution in [-0.4, -0.2) is 5.78 Å². The molecule has 0 aliphatic heterocycles. The molecule has 0 aliphatic carbocycles. The van der Waals surface area contributed by atoms with Gasteiger partial charge in [0.2, 0.25) is 0 Å². The van der Waals surface area contributed by atoms with Gasteiger partial charge in [-0.1, -0.05) is 11.6 Å². The van der Waals surface area contributed by atoms with E-state index >= 15 is 0 Å². The number of furan rings is 1. The summed E-state index contributed by atoms with van der Waals surface area (Å²) in [5.74, 6) is 0.666. The molecule has 0 saturated carbocycles. The second-order valence-electron chi connectivity index (χ2n) is 4.91. The quantitative estimate of drug-likeness (QED) is 0.459. The number of carbonyl (C=O) groups excluding carboxylic acids is 1. The summed E-state index contributed by atoms with van der Waals surface area (Å²) >= 11 is 5.85. The summed E-state index contributed by atoms with van der Waals surface area (Å²) in [5, 5.41) is 0.658. The smallest absolute Gasteiger partial charge is 0.185 e. The first kappa shape index (κ1) is 15.3. The summed E-state index contributed by atoms with van der Waals surface area (Å²) in [6.45, 7) is 0. The molecular formula is C19H12ClFO2. The topological polar surface area (TPSA) is 30.2 Å². The molecule has 0 unspecified atom stereocenters. The fraction of sp³-hybridized carbons (Fsp3) is 0. The lowest BCUT2D eigenvalue weighted by molar-refractivity contribution is 0.104. The Morgan fingerprint density at radius 3 is 2.35 bits per heavy atom. The van der Waals surface area contributed by atoms with Gasteiger partial charge >= 0.3 is 0 Å². The predicted molar refractivity (Wildman–Crippen MR) is 88.9 cm³/mol. The highest BCUT2D eigenvalue weighted by Gasteiger charge is 2.05. The molecule has 3 aromatic rings. The number of halogens is 2. The van der Waals surface area contributed by atoms with Crippen LogP contribution in [-0.2, 0) is 0 Å². The second-order valence-corrected chi connectivity index (χ2v) is 5.35. The van der Waals surface area contributed by atoms with Crippen molar-refractivity contribution < 1.29 is 13.6 Å². The molecule has 3 rings (SSSR count). The van der Waals surface area contributed by atoms with Crippen LogP contribution in [0.4, 0.5) is 4.39 Å². The number of hydrogen-bond acceptors (Lipinski definition) is 2. The van der Waals surface area contributed by atoms with E-state index < -0.39 is 0 Å². The van der Waals surface area contributed by atoms with Gasteiger partial charge in [0.05, 0.1) is 0 Å². The Labute approximate surface area is 137 Å². The second kappa shape index (κ2) is 6.63. The van der Waals surface area contributed by atoms with Crippen LogP contribution in [0.1, 0.15) is 16.1 Å². The Hall–Kier alpha value is -2.65. The summed E-state index contributed by atoms with van der Waals surface area (Å²) in [6, 6.07) is 16.3. The lowest BCUT2D eigenvalue weighted by atomic mass is 10.1. The monoisotopic (exact) mass is 326 g/mol. The molecule has 0 bridgehead atoms. The van der Waals surface area contributed by atoms with Crippen LogP contribution in [0.15, 0.2) is 71.2 Å². The zero-order chi connectivity index (χ0) is 16.2. The lowest BCUT2D eigenvalue weighted by Gasteiger charge is -1.96. The highest BCUT2D eigenvalue weighted by atomic mass is 35.5. The van der Waals surface area contributed by atoms with Gasteiger partial charge in [-0.15, -0.1) is 0 Å². The van der Waals surface area contributed by atoms with E-state index in [4.69, 9.17) is 16.0 Å². The lowest BCUT2D eigenvalue weighted by Crippen LogP contribution is -1.93. The Morgan fingerprint density at radius 2 is 1.65 bits per heavy atom. The predicted octanol–water partition coefficient (Wildman–Crippen LogP) is 5.64. The normalized spacial score (nSPS) is 11.0. The van der Waals surface area contributed by atoms with E-state index in [0.29, 0.717) is 22.1 Å². The highest BCUT2D eigenvalue weighted by molar-refractivity contribution is 6.30. The summed E-state index contributed by atoms with van der Waals surface area (Å²) in [6.07, 6.45) is 2.99. The maximum atomic E-state index is 12.8. The SMILES string of the molecule is O=C(C=Cc1ccc(-c2ccc(Cl)cc2)o1)c1ccc(F)cc1. The zero-order valence-corrected chi connectivity index (χ0v) is 12.8. The van der Waals surface area contributed by atoms with Crippen LogP contribution in [0.2, 0.25) is 5.02 Å². The zero-order valence-electron chi connectivity index (χ0n) is 12.0. The minimum Gasteiger partial charge on any atom is -0.457 e. The molecule has 4 heteroatoms. The average Bonchev–Trinajstić information content (AvgIpc) is 3.03. The molecule has 0 N–H and O–H groups in total. The molecule has 0 fully saturated rings. The fourth-order valence-corrected chi connectivity index (χ4v) is 2.21. The van der Waals surface area contributed by atoms with Crippen molar-refractivity contribution in [3.63, 3.8) is 0 Å². The van der Waals surface area contributed by atoms with Gasteiger partial charge in [-0.2, -0.15) is 0 Å². The number of allylic oxidation sites excluding steroid dienone is 1. The van der Waals surface area contributed by atoms with E-state index in [1.165, 1.54) is 30.3 Å². The molecule has 0 saturated heterocycles. The molecule has 114 valence electrons. The van der Waals surface area contributed by atoms with E-state index in [-0.39, 0.29) is 11.6 Å². The maximum absolute atomic E-state index is 12.8. The van der Waals surface area contributed by atoms with E-state index in [9.17, 15) is 9.18 Å². The summed E-state index contributed by atoms with van der Waals surface area (Å²) in [5.41, 5.74) is 1.33. The van der Waals surface area contributed by atoms with Gasteiger partial charge in [-0.3, -0.25) is 4.79 Å². The van der Waals surface area contributed by atoms with Crippen molar-refractivity contribution >= 4 is 23.5 Å². The van der Waals surface area contributed by atoms with Gasteiger partial charge in [-0.25, -0.2) is 4.39 Å². The first-order chi connectivity index (χ1) is 11.1. The van der Waals surface area contributed by atoms with E-state index in [1.807, 2.05) is 18.2 Å². The Kier molecular flexibility index (Phi) is 4.40. The van der Waals surface area contributed by atoms with Crippen LogP contribution in [0.3, 0.4) is 0 Å². The van der Waals surface area contributed by atoms with Crippen molar-refractivity contribution in [1.82, 2.24) is 0 Å². The number of rotatable bonds is 4. The molecule has 0 atom stereocenters. The van der Waals surface area contributed by atoms with Crippen molar-refractivity contribution in [2.45, 2.75) is 0 Å². The van der Waals surface area contributed by atoms with Gasteiger partial charge in [0.15, 0.2) is 5.78 Å². The Morgan fingerprint density at radius 1 is 0.957 bits per heavy atom. The Balaban J connectivity index is 1.74. The number of carbonyl (C=O) groups is 1. The van der Waals surface area contributed by atoms with Crippen molar-refractivity contribution in [3.05, 3.63) is 88.9 Å². The van der Waals surface area contributed by atoms with Crippen LogP contribution in [0.25, 0.3) is 17.4 Å². The summed E-state index contributed by atoms with van der Waals surface area (Å²) in [4.78, 5) is 12.0. The van der Waals surface area contributed by atoms with Gasteiger partial charge in [0.1, 0.15) is 17.3 Å². The number of ketones is 1. The third-order valence-electron chi connectivity index (χ3n) is 3.28. The van der Waals surface area contributed by atoms with Crippen molar-refractivity contribution in [3.8, 4) is 11.3 Å². The minimum atomic E-state index is -0.371. The molecular weight excluding hydrogens is 315 g/mol. The van der Waals surface area contributed by atoms with E-state index in [1.54, 1.807) is 24.3 Å². The average molecular weight is 327 g/mol. The number of hydrogen-bond donors (Lipinski definition) is 0. The number of benzene rings is 2. The summed E-state index contributed by atoms with van der Waals surface area (Å²) < 4.78 is 18.5. The molecule has 0 amide bonds. The van der Waals surface area contributed by atoms with E-state index in [2.05, 4.69) is 0 Å². The van der Waals surface area contributed by atoms with Gasteiger partial charge < -0.3 is 4.42 Å². The minimum absolute atomic E-state index is 0.213. The van der Waals surface area contributed by atoms with Crippen molar-refractivity contribution in [1.29, 1.82) is 0 Å². The first-order valence-electron chi connectivity index (χ1n) is 6.95. The van der Waals surface area contributed by atoms with Crippen LogP contribution in [0.5, 0.6) is 0 Å². The van der Waals surface area contributed by atoms with Gasteiger partial charge in [0.25, 0.3) is 0 Å². The van der Waals surface area contributed by atoms with Crippen LogP contribution in [0, 0.1) is 5.82 Å². The summed E-state index contributed by atoms with van der Waals surface area (Å²) in [7, 11) is 0. The first-order valence-corrected chi connectivity index (χ1v) is 7.33. The van der Waals surface area contributed by atoms with E-state index in [0.717, 1.165) is 5.56 Å². The maximum Gasteiger partial charge on any atom is 0.185 e. The molecule has 1 aromatic heterocycles. The largest absolute Gasteiger partial charge is 0.457 e. The van der Waals surface area contributed by atoms with Gasteiger partial charge in [0, 0.05) is 16.1 Å². The van der Waals surface area contributed by atoms with Gasteiger partial charge in [-0.05, 0) is 72.8 Å². The molecule has 2 nitrogen and oxygen atoms in total. The molecule has 2 aromatic carbocycles.